The number of aliphatic hydroxyl groups excluding tert-OH is 2. The van der Waals surface area contributed by atoms with Crippen molar-refractivity contribution in [1.29, 1.82) is 0 Å². The van der Waals surface area contributed by atoms with Gasteiger partial charge in [-0.15, -0.1) is 0 Å². The highest BCUT2D eigenvalue weighted by molar-refractivity contribution is 5.85. The van der Waals surface area contributed by atoms with Gasteiger partial charge in [0.1, 0.15) is 6.10 Å². The maximum Gasteiger partial charge on any atom is 0.105 e. The van der Waals surface area contributed by atoms with Gasteiger partial charge in [0.25, 0.3) is 0 Å². The summed E-state index contributed by atoms with van der Waals surface area (Å²) in [6, 6.07) is 6.48. The molecule has 7 rings (SSSR count). The average molecular weight is 460 g/mol. The van der Waals surface area contributed by atoms with Crippen LogP contribution in [0.1, 0.15) is 44.6 Å². The lowest BCUT2D eigenvalue weighted by molar-refractivity contribution is -0.161. The second-order valence-electron chi connectivity index (χ2n) is 11.6. The molecule has 3 aliphatic carbocycles. The number of allylic oxidation sites excluding steroid dienone is 3. The van der Waals surface area contributed by atoms with Gasteiger partial charge in [-0.05, 0) is 80.6 Å². The maximum absolute atomic E-state index is 11.1. The van der Waals surface area contributed by atoms with Crippen molar-refractivity contribution in [3.63, 3.8) is 0 Å². The number of hydrogen-bond acceptors (Lipinski definition) is 5. The van der Waals surface area contributed by atoms with Crippen LogP contribution in [0.2, 0.25) is 0 Å². The molecule has 3 N–H and O–H groups in total. The van der Waals surface area contributed by atoms with Crippen molar-refractivity contribution < 1.29 is 14.9 Å². The highest BCUT2D eigenvalue weighted by Crippen LogP contribution is 2.67. The number of ether oxygens (including phenoxy) is 1. The molecule has 34 heavy (non-hydrogen) atoms. The molecule has 1 saturated heterocycles. The first kappa shape index (κ1) is 21.1. The van der Waals surface area contributed by atoms with E-state index in [0.29, 0.717) is 5.92 Å². The monoisotopic (exact) mass is 459 g/mol. The number of H-pyrrole nitrogens is 1. The van der Waals surface area contributed by atoms with Crippen molar-refractivity contribution in [1.82, 2.24) is 15.1 Å². The topological polar surface area (TPSA) is 81.6 Å². The summed E-state index contributed by atoms with van der Waals surface area (Å²) in [5.41, 5.74) is 5.03. The van der Waals surface area contributed by atoms with Crippen molar-refractivity contribution in [3.8, 4) is 0 Å². The first-order valence-electron chi connectivity index (χ1n) is 12.6. The molecule has 2 bridgehead atoms. The van der Waals surface area contributed by atoms with Crippen LogP contribution in [-0.2, 0) is 4.74 Å². The van der Waals surface area contributed by atoms with Crippen LogP contribution < -0.4 is 0 Å². The van der Waals surface area contributed by atoms with E-state index in [4.69, 9.17) is 4.74 Å². The van der Waals surface area contributed by atoms with Gasteiger partial charge in [-0.25, -0.2) is 0 Å². The van der Waals surface area contributed by atoms with E-state index >= 15 is 0 Å². The zero-order chi connectivity index (χ0) is 23.5. The van der Waals surface area contributed by atoms with E-state index in [1.165, 1.54) is 16.7 Å². The van der Waals surface area contributed by atoms with Gasteiger partial charge in [0.2, 0.25) is 0 Å². The van der Waals surface area contributed by atoms with Crippen molar-refractivity contribution in [2.45, 2.75) is 68.5 Å². The molecule has 2 spiro atoms. The molecule has 2 fully saturated rings. The molecule has 6 nitrogen and oxygen atoms in total. The Morgan fingerprint density at radius 2 is 2.03 bits per heavy atom. The minimum atomic E-state index is -0.884. The number of aromatic nitrogens is 2. The van der Waals surface area contributed by atoms with Crippen molar-refractivity contribution in [2.75, 3.05) is 14.1 Å². The third-order valence-electron chi connectivity index (χ3n) is 9.84. The molecular formula is C28H33N3O3. The summed E-state index contributed by atoms with van der Waals surface area (Å²) in [4.78, 5) is 2.03. The van der Waals surface area contributed by atoms with Crippen LogP contribution in [0.3, 0.4) is 0 Å². The first-order chi connectivity index (χ1) is 16.3. The lowest BCUT2D eigenvalue weighted by Crippen LogP contribution is -2.61. The van der Waals surface area contributed by atoms with Crippen LogP contribution in [0.4, 0.5) is 0 Å². The summed E-state index contributed by atoms with van der Waals surface area (Å²) in [7, 11) is 3.96. The third kappa shape index (κ3) is 2.47. The molecule has 1 aromatic heterocycles. The second kappa shape index (κ2) is 6.70. The second-order valence-corrected chi connectivity index (χ2v) is 11.6. The first-order valence-corrected chi connectivity index (χ1v) is 12.6. The Labute approximate surface area is 200 Å². The summed E-state index contributed by atoms with van der Waals surface area (Å²) in [5.74, 6) is 0.356. The molecule has 2 aliphatic heterocycles. The molecule has 1 aromatic carbocycles. The van der Waals surface area contributed by atoms with Crippen molar-refractivity contribution >= 4 is 16.5 Å². The van der Waals surface area contributed by atoms with Crippen LogP contribution in [0.15, 0.2) is 53.8 Å². The summed E-state index contributed by atoms with van der Waals surface area (Å²) < 4.78 is 7.22. The fraction of sp³-hybridized carbons (Fsp3) is 0.536. The maximum atomic E-state index is 11.1. The van der Waals surface area contributed by atoms with Crippen molar-refractivity contribution in [3.05, 3.63) is 59.3 Å². The molecule has 1 saturated carbocycles. The smallest absolute Gasteiger partial charge is 0.105 e. The van der Waals surface area contributed by atoms with Gasteiger partial charge < -0.3 is 19.8 Å². The Morgan fingerprint density at radius 3 is 2.85 bits per heavy atom. The van der Waals surface area contributed by atoms with E-state index < -0.39 is 17.8 Å². The largest absolute Gasteiger partial charge is 0.388 e. The van der Waals surface area contributed by atoms with Gasteiger partial charge in [0.05, 0.1) is 29.0 Å². The summed E-state index contributed by atoms with van der Waals surface area (Å²) in [5, 5.41) is 30.4. The molecule has 178 valence electrons. The van der Waals surface area contributed by atoms with Gasteiger partial charge in [0, 0.05) is 22.8 Å². The molecule has 5 aliphatic rings. The van der Waals surface area contributed by atoms with Gasteiger partial charge in [0.15, 0.2) is 0 Å². The minimum absolute atomic E-state index is 0.00840. The van der Waals surface area contributed by atoms with Gasteiger partial charge in [-0.3, -0.25) is 5.10 Å². The predicted octanol–water partition coefficient (Wildman–Crippen LogP) is 3.59. The van der Waals surface area contributed by atoms with E-state index in [1.807, 2.05) is 25.2 Å². The van der Waals surface area contributed by atoms with Crippen LogP contribution in [0.25, 0.3) is 16.5 Å². The van der Waals surface area contributed by atoms with E-state index in [9.17, 15) is 10.2 Å². The summed E-state index contributed by atoms with van der Waals surface area (Å²) >= 11 is 0. The highest BCUT2D eigenvalue weighted by atomic mass is 16.5. The number of hydrogen-bond donors (Lipinski definition) is 3. The minimum Gasteiger partial charge on any atom is -0.388 e. The number of fused-ring (bicyclic) bond motifs is 2. The average Bonchev–Trinajstić information content (AvgIpc) is 3.50. The Balaban J connectivity index is 1.30. The number of likely N-dealkylation sites (N-methyl/N-ethyl adjacent to an activating group) is 1. The lowest BCUT2D eigenvalue weighted by atomic mass is 9.58. The number of nitrogens with one attached hydrogen (secondary N) is 1. The van der Waals surface area contributed by atoms with Crippen LogP contribution in [-0.4, -0.2) is 68.9 Å². The molecule has 3 heterocycles. The Hall–Kier alpha value is -2.25. The fourth-order valence-corrected chi connectivity index (χ4v) is 8.06. The van der Waals surface area contributed by atoms with Gasteiger partial charge >= 0.3 is 0 Å². The van der Waals surface area contributed by atoms with Gasteiger partial charge in [-0.1, -0.05) is 31.2 Å². The van der Waals surface area contributed by atoms with Crippen LogP contribution in [0.5, 0.6) is 0 Å². The van der Waals surface area contributed by atoms with E-state index in [1.54, 1.807) is 0 Å². The zero-order valence-corrected chi connectivity index (χ0v) is 20.1. The van der Waals surface area contributed by atoms with Gasteiger partial charge in [-0.2, -0.15) is 5.10 Å². The lowest BCUT2D eigenvalue weighted by Gasteiger charge is -2.55. The van der Waals surface area contributed by atoms with E-state index in [-0.39, 0.29) is 17.1 Å². The predicted molar refractivity (Wildman–Crippen MR) is 131 cm³/mol. The Bertz CT molecular complexity index is 1290. The summed E-state index contributed by atoms with van der Waals surface area (Å²) in [6.07, 6.45) is 11.7. The fourth-order valence-electron chi connectivity index (χ4n) is 8.06. The quantitative estimate of drug-likeness (QED) is 0.640. The normalized spacial score (nSPS) is 42.7. The number of aliphatic hydroxyl groups is 2. The molecule has 7 atom stereocenters. The van der Waals surface area contributed by atoms with Crippen molar-refractivity contribution in [2.24, 2.45) is 11.3 Å². The molecule has 0 amide bonds. The van der Waals surface area contributed by atoms with Crippen LogP contribution in [0, 0.1) is 11.3 Å². The van der Waals surface area contributed by atoms with E-state index in [0.717, 1.165) is 48.6 Å². The third-order valence-corrected chi connectivity index (χ3v) is 9.84. The Morgan fingerprint density at radius 1 is 1.18 bits per heavy atom. The highest BCUT2D eigenvalue weighted by Gasteiger charge is 2.67. The molecular weight excluding hydrogens is 426 g/mol. The number of rotatable bonds is 2. The molecule has 1 unspecified atom stereocenters. The van der Waals surface area contributed by atoms with Crippen LogP contribution >= 0.6 is 0 Å². The number of nitrogens with zero attached hydrogens (tertiary/aromatic N) is 2. The summed E-state index contributed by atoms with van der Waals surface area (Å²) in [6.45, 7) is 2.41. The molecule has 6 heteroatoms. The number of benzene rings is 1. The zero-order valence-electron chi connectivity index (χ0n) is 20.1. The van der Waals surface area contributed by atoms with E-state index in [2.05, 4.69) is 53.5 Å². The SMILES string of the molecule is CN(C)[C@H]1C[C@@]23CC[C@@]4(O2)C(=CC[C@]2(C)C(c5ccc6[nH]ncc6c5)=CCC24)C=C3[C@@H](O)[C@@H]1O. The Kier molecular flexibility index (Phi) is 4.15. The number of aromatic amines is 1. The standard InChI is InChI=1S/C28H33N3O3/c1-26-9-8-18-13-20-24(32)25(33)22(31(2)3)14-27(20)10-11-28(18,34-27)23(26)7-5-19(26)16-4-6-21-17(12-16)15-29-30-21/h4-6,8,12-13,15,22-25,32-33H,7,9-11,14H2,1-3H3,(H,29,30)/t22-,23?,24+,25+,26+,27+,28+/m0/s1. The molecule has 2 aromatic rings. The molecule has 0 radical (unpaired) electrons.